The lowest BCUT2D eigenvalue weighted by Gasteiger charge is -2.22. The number of hydrogen-bond donors (Lipinski definition) is 1. The quantitative estimate of drug-likeness (QED) is 0.762. The van der Waals surface area contributed by atoms with Gasteiger partial charge in [0.25, 0.3) is 5.91 Å². The molecule has 0 aliphatic carbocycles. The third-order valence-electron chi connectivity index (χ3n) is 3.23. The average Bonchev–Trinajstić information content (AvgIpc) is 2.44. The first-order valence-electron chi connectivity index (χ1n) is 7.34. The number of carbonyl (C=O) groups is 2. The summed E-state index contributed by atoms with van der Waals surface area (Å²) in [5.41, 5.74) is 0.608. The van der Waals surface area contributed by atoms with Crippen LogP contribution in [-0.4, -0.2) is 61.9 Å². The van der Waals surface area contributed by atoms with Crippen LogP contribution in [0.25, 0.3) is 0 Å². The third kappa shape index (κ3) is 7.04. The van der Waals surface area contributed by atoms with Gasteiger partial charge in [-0.15, -0.1) is 0 Å². The van der Waals surface area contributed by atoms with Crippen molar-refractivity contribution in [3.8, 4) is 0 Å². The average molecular weight is 370 g/mol. The molecule has 0 aliphatic rings. The lowest BCUT2D eigenvalue weighted by atomic mass is 10.2. The molecule has 2 amide bonds. The van der Waals surface area contributed by atoms with E-state index in [1.54, 1.807) is 24.0 Å². The molecule has 0 unspecified atom stereocenters. The molecule has 1 N–H and O–H groups in total. The van der Waals surface area contributed by atoms with Crippen LogP contribution in [0.1, 0.15) is 23.7 Å². The normalized spacial score (nSPS) is 10.6. The van der Waals surface area contributed by atoms with Crippen LogP contribution >= 0.6 is 15.9 Å². The number of nitrogens with one attached hydrogen (secondary N) is 1. The Bertz CT molecular complexity index is 506. The van der Waals surface area contributed by atoms with Gasteiger partial charge in [0.2, 0.25) is 5.91 Å². The smallest absolute Gasteiger partial charge is 0.251 e. The van der Waals surface area contributed by atoms with Crippen molar-refractivity contribution in [1.29, 1.82) is 0 Å². The van der Waals surface area contributed by atoms with Gasteiger partial charge in [0.1, 0.15) is 0 Å². The second-order valence-corrected chi connectivity index (χ2v) is 6.34. The topological polar surface area (TPSA) is 52.7 Å². The van der Waals surface area contributed by atoms with Crippen molar-refractivity contribution in [2.24, 2.45) is 0 Å². The zero-order valence-electron chi connectivity index (χ0n) is 13.4. The van der Waals surface area contributed by atoms with Crippen LogP contribution in [0.2, 0.25) is 0 Å². The predicted octanol–water partition coefficient (Wildman–Crippen LogP) is 1.98. The molecule has 0 heterocycles. The standard InChI is InChI=1S/C16H24BrN3O2/c1-13(21)20(10-5-9-19(2)3)11-8-18-16(22)14-6-4-7-15(17)12-14/h4,6-7,12H,5,8-11H2,1-3H3,(H,18,22). The van der Waals surface area contributed by atoms with Gasteiger partial charge in [-0.25, -0.2) is 0 Å². The van der Waals surface area contributed by atoms with E-state index in [0.717, 1.165) is 17.4 Å². The van der Waals surface area contributed by atoms with Gasteiger partial charge in [-0.1, -0.05) is 22.0 Å². The molecule has 1 aromatic rings. The Balaban J connectivity index is 2.39. The largest absolute Gasteiger partial charge is 0.350 e. The Hall–Kier alpha value is -1.40. The minimum Gasteiger partial charge on any atom is -0.350 e. The Morgan fingerprint density at radius 1 is 1.18 bits per heavy atom. The molecule has 0 spiro atoms. The third-order valence-corrected chi connectivity index (χ3v) is 3.73. The van der Waals surface area contributed by atoms with Crippen molar-refractivity contribution in [2.75, 3.05) is 40.3 Å². The minimum absolute atomic E-state index is 0.0375. The molecule has 1 aromatic carbocycles. The first kappa shape index (κ1) is 18.6. The minimum atomic E-state index is -0.127. The molecule has 0 aromatic heterocycles. The van der Waals surface area contributed by atoms with Crippen LogP contribution in [0.5, 0.6) is 0 Å². The molecule has 5 nitrogen and oxygen atoms in total. The summed E-state index contributed by atoms with van der Waals surface area (Å²) in [6.07, 6.45) is 0.923. The summed E-state index contributed by atoms with van der Waals surface area (Å²) in [5.74, 6) is -0.0893. The molecule has 22 heavy (non-hydrogen) atoms. The fraction of sp³-hybridized carbons (Fsp3) is 0.500. The first-order chi connectivity index (χ1) is 10.4. The summed E-state index contributed by atoms with van der Waals surface area (Å²) >= 11 is 3.34. The maximum atomic E-state index is 12.0. The van der Waals surface area contributed by atoms with E-state index < -0.39 is 0 Å². The summed E-state index contributed by atoms with van der Waals surface area (Å²) in [6, 6.07) is 7.23. The van der Waals surface area contributed by atoms with Crippen LogP contribution in [0, 0.1) is 0 Å². The van der Waals surface area contributed by atoms with Crippen molar-refractivity contribution >= 4 is 27.7 Å². The summed E-state index contributed by atoms with van der Waals surface area (Å²) in [4.78, 5) is 27.5. The van der Waals surface area contributed by atoms with Crippen molar-refractivity contribution < 1.29 is 9.59 Å². The van der Waals surface area contributed by atoms with Gasteiger partial charge in [-0.05, 0) is 45.3 Å². The van der Waals surface area contributed by atoms with Gasteiger partial charge in [0, 0.05) is 36.6 Å². The van der Waals surface area contributed by atoms with Crippen LogP contribution in [0.15, 0.2) is 28.7 Å². The number of carbonyl (C=O) groups excluding carboxylic acids is 2. The zero-order valence-corrected chi connectivity index (χ0v) is 15.0. The molecular formula is C16H24BrN3O2. The van der Waals surface area contributed by atoms with Crippen molar-refractivity contribution in [3.05, 3.63) is 34.3 Å². The van der Waals surface area contributed by atoms with E-state index in [0.29, 0.717) is 25.2 Å². The van der Waals surface area contributed by atoms with Gasteiger partial charge in [-0.3, -0.25) is 9.59 Å². The van der Waals surface area contributed by atoms with E-state index in [2.05, 4.69) is 26.1 Å². The highest BCUT2D eigenvalue weighted by molar-refractivity contribution is 9.10. The second kappa shape index (κ2) is 9.58. The lowest BCUT2D eigenvalue weighted by Crippen LogP contribution is -2.38. The number of nitrogens with zero attached hydrogens (tertiary/aromatic N) is 2. The molecule has 6 heteroatoms. The van der Waals surface area contributed by atoms with E-state index in [1.165, 1.54) is 0 Å². The number of rotatable bonds is 8. The summed E-state index contributed by atoms with van der Waals surface area (Å²) in [7, 11) is 4.02. The zero-order chi connectivity index (χ0) is 16.5. The van der Waals surface area contributed by atoms with Crippen molar-refractivity contribution in [3.63, 3.8) is 0 Å². The molecule has 0 saturated carbocycles. The highest BCUT2D eigenvalue weighted by Crippen LogP contribution is 2.11. The molecule has 0 fully saturated rings. The monoisotopic (exact) mass is 369 g/mol. The summed E-state index contributed by atoms with van der Waals surface area (Å²) in [5, 5.41) is 2.85. The first-order valence-corrected chi connectivity index (χ1v) is 8.13. The van der Waals surface area contributed by atoms with Crippen LogP contribution < -0.4 is 5.32 Å². The van der Waals surface area contributed by atoms with Crippen LogP contribution in [0.3, 0.4) is 0 Å². The van der Waals surface area contributed by atoms with Crippen LogP contribution in [-0.2, 0) is 4.79 Å². The Labute approximate surface area is 140 Å². The van der Waals surface area contributed by atoms with Gasteiger partial charge in [0.05, 0.1) is 0 Å². The number of hydrogen-bond acceptors (Lipinski definition) is 3. The highest BCUT2D eigenvalue weighted by atomic mass is 79.9. The van der Waals surface area contributed by atoms with E-state index in [4.69, 9.17) is 0 Å². The van der Waals surface area contributed by atoms with Gasteiger partial charge < -0.3 is 15.1 Å². The van der Waals surface area contributed by atoms with E-state index in [-0.39, 0.29) is 11.8 Å². The Morgan fingerprint density at radius 2 is 1.91 bits per heavy atom. The van der Waals surface area contributed by atoms with E-state index >= 15 is 0 Å². The SMILES string of the molecule is CC(=O)N(CCCN(C)C)CCNC(=O)c1cccc(Br)c1. The van der Waals surface area contributed by atoms with E-state index in [9.17, 15) is 9.59 Å². The second-order valence-electron chi connectivity index (χ2n) is 5.43. The maximum absolute atomic E-state index is 12.0. The fourth-order valence-corrected chi connectivity index (χ4v) is 2.44. The fourth-order valence-electron chi connectivity index (χ4n) is 2.04. The molecule has 122 valence electrons. The highest BCUT2D eigenvalue weighted by Gasteiger charge is 2.10. The lowest BCUT2D eigenvalue weighted by molar-refractivity contribution is -0.128. The van der Waals surface area contributed by atoms with Gasteiger partial charge >= 0.3 is 0 Å². The molecule has 0 radical (unpaired) electrons. The predicted molar refractivity (Wildman–Crippen MR) is 91.9 cm³/mol. The summed E-state index contributed by atoms with van der Waals surface area (Å²) in [6.45, 7) is 4.19. The molecular weight excluding hydrogens is 346 g/mol. The molecule has 0 bridgehead atoms. The number of amides is 2. The van der Waals surface area contributed by atoms with Crippen molar-refractivity contribution in [1.82, 2.24) is 15.1 Å². The number of halogens is 1. The summed E-state index contributed by atoms with van der Waals surface area (Å²) < 4.78 is 0.870. The Morgan fingerprint density at radius 3 is 2.50 bits per heavy atom. The van der Waals surface area contributed by atoms with Crippen LogP contribution in [0.4, 0.5) is 0 Å². The Kier molecular flexibility index (Phi) is 8.12. The van der Waals surface area contributed by atoms with Gasteiger partial charge in [0.15, 0.2) is 0 Å². The van der Waals surface area contributed by atoms with Gasteiger partial charge in [-0.2, -0.15) is 0 Å². The molecule has 0 saturated heterocycles. The number of benzene rings is 1. The maximum Gasteiger partial charge on any atom is 0.251 e. The van der Waals surface area contributed by atoms with E-state index in [1.807, 2.05) is 26.2 Å². The molecule has 1 rings (SSSR count). The molecule has 0 aliphatic heterocycles. The van der Waals surface area contributed by atoms with Crippen molar-refractivity contribution in [2.45, 2.75) is 13.3 Å². The molecule has 0 atom stereocenters.